The number of amides is 1. The first kappa shape index (κ1) is 22.5. The summed E-state index contributed by atoms with van der Waals surface area (Å²) in [5.74, 6) is 1.03. The van der Waals surface area contributed by atoms with Gasteiger partial charge in [0.05, 0.1) is 26.2 Å². The van der Waals surface area contributed by atoms with E-state index in [1.54, 1.807) is 40.2 Å². The summed E-state index contributed by atoms with van der Waals surface area (Å²) in [6, 6.07) is 9.32. The molecule has 0 bridgehead atoms. The Hall–Kier alpha value is -3.22. The average molecular weight is 427 g/mol. The molecule has 0 unspecified atom stereocenters. The second-order valence-electron chi connectivity index (χ2n) is 8.04. The normalized spacial score (nSPS) is 12.7. The summed E-state index contributed by atoms with van der Waals surface area (Å²) in [6.07, 6.45) is 0.756. The fourth-order valence-electron chi connectivity index (χ4n) is 3.37. The molecular formula is C24H29NO6. The second-order valence-corrected chi connectivity index (χ2v) is 8.04. The number of benzene rings is 2. The maximum atomic E-state index is 12.4. The number of carbonyl (C=O) groups is 2. The molecule has 0 spiro atoms. The summed E-state index contributed by atoms with van der Waals surface area (Å²) in [6.45, 7) is 6.47. The fraction of sp³-hybridized carbons (Fsp3) is 0.417. The van der Waals surface area contributed by atoms with Crippen LogP contribution in [0.15, 0.2) is 30.3 Å². The van der Waals surface area contributed by atoms with Crippen LogP contribution in [-0.4, -0.2) is 39.3 Å². The van der Waals surface area contributed by atoms with Crippen LogP contribution in [-0.2, 0) is 16.1 Å². The van der Waals surface area contributed by atoms with E-state index < -0.39 is 5.41 Å². The second kappa shape index (κ2) is 9.29. The third kappa shape index (κ3) is 4.60. The monoisotopic (exact) mass is 427 g/mol. The molecule has 0 aromatic heterocycles. The first-order chi connectivity index (χ1) is 14.8. The minimum absolute atomic E-state index is 0.0716. The van der Waals surface area contributed by atoms with Gasteiger partial charge in [-0.25, -0.2) is 0 Å². The lowest BCUT2D eigenvalue weighted by atomic mass is 9.95. The zero-order valence-electron chi connectivity index (χ0n) is 18.7. The topological polar surface area (TPSA) is 83.1 Å². The summed E-state index contributed by atoms with van der Waals surface area (Å²) >= 11 is 0. The van der Waals surface area contributed by atoms with Gasteiger partial charge >= 0.3 is 5.97 Å². The van der Waals surface area contributed by atoms with Crippen molar-refractivity contribution >= 4 is 11.9 Å². The minimum Gasteiger partial charge on any atom is -0.493 e. The molecular weight excluding hydrogens is 398 g/mol. The third-order valence-electron chi connectivity index (χ3n) is 5.17. The number of ether oxygens (including phenoxy) is 4. The van der Waals surface area contributed by atoms with E-state index in [1.807, 2.05) is 25.1 Å². The van der Waals surface area contributed by atoms with Gasteiger partial charge < -0.3 is 24.3 Å². The van der Waals surface area contributed by atoms with Gasteiger partial charge in [-0.15, -0.1) is 0 Å². The first-order valence-electron chi connectivity index (χ1n) is 10.3. The highest BCUT2D eigenvalue weighted by Gasteiger charge is 2.32. The molecule has 3 rings (SSSR count). The number of carbonyl (C=O) groups excluding carboxylic acids is 2. The number of hydrogen-bond donors (Lipinski definition) is 1. The first-order valence-corrected chi connectivity index (χ1v) is 10.3. The summed E-state index contributed by atoms with van der Waals surface area (Å²) < 4.78 is 22.5. The predicted molar refractivity (Wildman–Crippen MR) is 117 cm³/mol. The molecule has 0 aliphatic carbocycles. The Morgan fingerprint density at radius 3 is 2.48 bits per heavy atom. The molecule has 0 radical (unpaired) electrons. The van der Waals surface area contributed by atoms with Crippen molar-refractivity contribution in [3.05, 3.63) is 41.5 Å². The van der Waals surface area contributed by atoms with Crippen LogP contribution in [0.25, 0.3) is 11.1 Å². The van der Waals surface area contributed by atoms with Crippen LogP contribution in [0.2, 0.25) is 0 Å². The van der Waals surface area contributed by atoms with E-state index in [9.17, 15) is 9.59 Å². The highest BCUT2D eigenvalue weighted by Crippen LogP contribution is 2.45. The van der Waals surface area contributed by atoms with Crippen LogP contribution in [0.5, 0.6) is 17.2 Å². The Kier molecular flexibility index (Phi) is 6.73. The molecule has 0 saturated carbocycles. The number of nitrogens with one attached hydrogen (secondary N) is 1. The molecule has 2 aromatic rings. The molecule has 7 heteroatoms. The van der Waals surface area contributed by atoms with Crippen LogP contribution < -0.4 is 19.5 Å². The molecule has 2 aromatic carbocycles. The van der Waals surface area contributed by atoms with E-state index in [4.69, 9.17) is 18.9 Å². The predicted octanol–water partition coefficient (Wildman–Crippen LogP) is 3.97. The van der Waals surface area contributed by atoms with Crippen molar-refractivity contribution in [2.75, 3.05) is 27.4 Å². The van der Waals surface area contributed by atoms with E-state index in [2.05, 4.69) is 5.32 Å². The lowest BCUT2D eigenvalue weighted by molar-refractivity contribution is -0.155. The Labute approximate surface area is 182 Å². The summed E-state index contributed by atoms with van der Waals surface area (Å²) in [5, 5.41) is 2.83. The van der Waals surface area contributed by atoms with Gasteiger partial charge in [0.15, 0.2) is 11.5 Å². The van der Waals surface area contributed by atoms with E-state index in [0.29, 0.717) is 36.0 Å². The van der Waals surface area contributed by atoms with Crippen molar-refractivity contribution in [1.29, 1.82) is 0 Å². The van der Waals surface area contributed by atoms with E-state index in [1.165, 1.54) is 0 Å². The van der Waals surface area contributed by atoms with Crippen molar-refractivity contribution in [2.24, 2.45) is 5.41 Å². The number of hydrogen-bond acceptors (Lipinski definition) is 6. The summed E-state index contributed by atoms with van der Waals surface area (Å²) in [7, 11) is 3.10. The molecule has 166 valence electrons. The van der Waals surface area contributed by atoms with Crippen molar-refractivity contribution in [2.45, 2.75) is 33.7 Å². The number of fused-ring (bicyclic) bond motifs is 1. The highest BCUT2D eigenvalue weighted by molar-refractivity contribution is 5.99. The zero-order valence-corrected chi connectivity index (χ0v) is 18.7. The average Bonchev–Trinajstić information content (AvgIpc) is 3.15. The quantitative estimate of drug-likeness (QED) is 0.610. The van der Waals surface area contributed by atoms with Gasteiger partial charge in [0, 0.05) is 17.7 Å². The molecule has 0 saturated heterocycles. The van der Waals surface area contributed by atoms with Crippen molar-refractivity contribution in [3.63, 3.8) is 0 Å². The van der Waals surface area contributed by atoms with Gasteiger partial charge in [0.2, 0.25) is 5.75 Å². The highest BCUT2D eigenvalue weighted by atomic mass is 16.5. The number of methoxy groups -OCH3 is 2. The molecule has 1 aliphatic rings. The fourth-order valence-corrected chi connectivity index (χ4v) is 3.37. The SMILES string of the molecule is CCCOC(=O)C(C)(C)COc1c(-c2ccc3c(c2)CNC3=O)ccc(OC)c1OC. The third-order valence-corrected chi connectivity index (χ3v) is 5.17. The largest absolute Gasteiger partial charge is 0.493 e. The lowest BCUT2D eigenvalue weighted by Gasteiger charge is -2.25. The molecule has 1 N–H and O–H groups in total. The van der Waals surface area contributed by atoms with Gasteiger partial charge in [0.1, 0.15) is 6.61 Å². The van der Waals surface area contributed by atoms with Crippen LogP contribution in [0.1, 0.15) is 43.1 Å². The number of rotatable bonds is 9. The molecule has 1 aliphatic heterocycles. The van der Waals surface area contributed by atoms with Crippen LogP contribution in [0.4, 0.5) is 0 Å². The molecule has 1 heterocycles. The van der Waals surface area contributed by atoms with Crippen molar-refractivity contribution in [3.8, 4) is 28.4 Å². The Morgan fingerprint density at radius 2 is 1.81 bits per heavy atom. The van der Waals surface area contributed by atoms with Crippen LogP contribution in [0.3, 0.4) is 0 Å². The van der Waals surface area contributed by atoms with Gasteiger partial charge in [-0.05, 0) is 55.7 Å². The van der Waals surface area contributed by atoms with Gasteiger partial charge in [-0.1, -0.05) is 13.0 Å². The Balaban J connectivity index is 1.98. The minimum atomic E-state index is -0.852. The summed E-state index contributed by atoms with van der Waals surface area (Å²) in [5.41, 5.74) is 2.39. The van der Waals surface area contributed by atoms with Crippen molar-refractivity contribution in [1.82, 2.24) is 5.32 Å². The van der Waals surface area contributed by atoms with E-state index in [0.717, 1.165) is 23.1 Å². The van der Waals surface area contributed by atoms with Crippen LogP contribution in [0, 0.1) is 5.41 Å². The maximum Gasteiger partial charge on any atom is 0.314 e. The molecule has 31 heavy (non-hydrogen) atoms. The maximum absolute atomic E-state index is 12.4. The van der Waals surface area contributed by atoms with Crippen molar-refractivity contribution < 1.29 is 28.5 Å². The molecule has 0 fully saturated rings. The van der Waals surface area contributed by atoms with Crippen LogP contribution >= 0.6 is 0 Å². The van der Waals surface area contributed by atoms with E-state index in [-0.39, 0.29) is 18.5 Å². The lowest BCUT2D eigenvalue weighted by Crippen LogP contribution is -2.33. The van der Waals surface area contributed by atoms with E-state index >= 15 is 0 Å². The molecule has 0 atom stereocenters. The van der Waals surface area contributed by atoms with Gasteiger partial charge in [0.25, 0.3) is 5.91 Å². The standard InChI is InChI=1S/C24H29NO6/c1-6-11-30-23(27)24(2,3)14-31-20-17(9-10-19(28-4)21(20)29-5)15-7-8-18-16(12-15)13-25-22(18)26/h7-10,12H,6,11,13-14H2,1-5H3,(H,25,26). The number of esters is 1. The van der Waals surface area contributed by atoms with Gasteiger partial charge in [-0.3, -0.25) is 9.59 Å². The van der Waals surface area contributed by atoms with Gasteiger partial charge in [-0.2, -0.15) is 0 Å². The summed E-state index contributed by atoms with van der Waals surface area (Å²) in [4.78, 5) is 24.3. The smallest absolute Gasteiger partial charge is 0.314 e. The molecule has 1 amide bonds. The Bertz CT molecular complexity index is 982. The molecule has 7 nitrogen and oxygen atoms in total. The zero-order chi connectivity index (χ0) is 22.6. The Morgan fingerprint density at radius 1 is 1.06 bits per heavy atom.